The normalized spacial score (nSPS) is 12.8. The number of hydrogen-bond donors (Lipinski definition) is 1. The van der Waals surface area contributed by atoms with E-state index < -0.39 is 11.6 Å². The van der Waals surface area contributed by atoms with Crippen LogP contribution in [0.1, 0.15) is 52.0 Å². The molecular weight excluding hydrogens is 282 g/mol. The van der Waals surface area contributed by atoms with Gasteiger partial charge in [-0.05, 0) is 50.9 Å². The van der Waals surface area contributed by atoms with Gasteiger partial charge in [-0.2, -0.15) is 0 Å². The van der Waals surface area contributed by atoms with Gasteiger partial charge >= 0.3 is 0 Å². The largest absolute Gasteiger partial charge is 0.316 e. The molecule has 0 saturated carbocycles. The Kier molecular flexibility index (Phi) is 8.60. The van der Waals surface area contributed by atoms with Gasteiger partial charge in [0, 0.05) is 17.8 Å². The number of aliphatic imine (C=N–C) groups is 1. The van der Waals surface area contributed by atoms with Gasteiger partial charge in [0.1, 0.15) is 0 Å². The highest BCUT2D eigenvalue weighted by Crippen LogP contribution is 2.20. The van der Waals surface area contributed by atoms with Crippen molar-refractivity contribution in [3.63, 3.8) is 0 Å². The summed E-state index contributed by atoms with van der Waals surface area (Å²) in [5.41, 5.74) is 2.39. The fourth-order valence-corrected chi connectivity index (χ4v) is 2.18. The molecule has 0 bridgehead atoms. The summed E-state index contributed by atoms with van der Waals surface area (Å²) in [7, 11) is 0. The molecule has 0 fully saturated rings. The molecule has 4 heteroatoms. The first-order valence-electron chi connectivity index (χ1n) is 8.01. The Labute approximate surface area is 132 Å². The Morgan fingerprint density at radius 1 is 1.09 bits per heavy atom. The molecule has 0 aromatic heterocycles. The van der Waals surface area contributed by atoms with Crippen LogP contribution in [0, 0.1) is 11.6 Å². The molecule has 0 heterocycles. The van der Waals surface area contributed by atoms with E-state index in [0.29, 0.717) is 11.3 Å². The summed E-state index contributed by atoms with van der Waals surface area (Å²) in [4.78, 5) is 4.67. The Hall–Kier alpha value is -1.55. The van der Waals surface area contributed by atoms with E-state index in [1.54, 1.807) is 6.07 Å². The topological polar surface area (TPSA) is 24.4 Å². The van der Waals surface area contributed by atoms with Gasteiger partial charge in [0.15, 0.2) is 11.6 Å². The third kappa shape index (κ3) is 6.06. The highest BCUT2D eigenvalue weighted by atomic mass is 19.2. The first kappa shape index (κ1) is 18.5. The van der Waals surface area contributed by atoms with Crippen LogP contribution in [0.25, 0.3) is 5.70 Å². The maximum atomic E-state index is 13.4. The second-order valence-corrected chi connectivity index (χ2v) is 5.23. The summed E-state index contributed by atoms with van der Waals surface area (Å²) in [6.07, 6.45) is 5.74. The van der Waals surface area contributed by atoms with Gasteiger partial charge in [-0.1, -0.05) is 26.3 Å². The molecule has 0 spiro atoms. The second kappa shape index (κ2) is 10.2. The van der Waals surface area contributed by atoms with Crippen molar-refractivity contribution in [2.24, 2.45) is 4.99 Å². The van der Waals surface area contributed by atoms with Crippen molar-refractivity contribution in [3.05, 3.63) is 41.5 Å². The van der Waals surface area contributed by atoms with E-state index in [0.717, 1.165) is 50.6 Å². The average Bonchev–Trinajstić information content (AvgIpc) is 2.51. The predicted molar refractivity (Wildman–Crippen MR) is 90.1 cm³/mol. The van der Waals surface area contributed by atoms with Crippen molar-refractivity contribution >= 4 is 11.4 Å². The van der Waals surface area contributed by atoms with E-state index in [9.17, 15) is 8.78 Å². The second-order valence-electron chi connectivity index (χ2n) is 5.23. The molecule has 122 valence electrons. The highest BCUT2D eigenvalue weighted by Gasteiger charge is 2.07. The average molecular weight is 308 g/mol. The van der Waals surface area contributed by atoms with Crippen molar-refractivity contribution in [3.8, 4) is 0 Å². The minimum absolute atomic E-state index is 0.608. The van der Waals surface area contributed by atoms with E-state index >= 15 is 0 Å². The van der Waals surface area contributed by atoms with Gasteiger partial charge in [-0.15, -0.1) is 0 Å². The van der Waals surface area contributed by atoms with E-state index in [2.05, 4.69) is 24.2 Å². The molecule has 0 saturated heterocycles. The lowest BCUT2D eigenvalue weighted by Crippen LogP contribution is -2.19. The molecule has 0 aliphatic rings. The lowest BCUT2D eigenvalue weighted by atomic mass is 10.1. The molecule has 1 aromatic carbocycles. The van der Waals surface area contributed by atoms with Crippen LogP contribution in [0.2, 0.25) is 0 Å². The molecule has 1 rings (SSSR count). The zero-order chi connectivity index (χ0) is 16.4. The minimum Gasteiger partial charge on any atom is -0.316 e. The number of halogens is 2. The summed E-state index contributed by atoms with van der Waals surface area (Å²) < 4.78 is 26.4. The van der Waals surface area contributed by atoms with Gasteiger partial charge in [-0.3, -0.25) is 4.99 Å². The lowest BCUT2D eigenvalue weighted by Gasteiger charge is -2.09. The first-order valence-corrected chi connectivity index (χ1v) is 8.01. The van der Waals surface area contributed by atoms with Crippen LogP contribution < -0.4 is 5.32 Å². The van der Waals surface area contributed by atoms with Crippen LogP contribution in [0.15, 0.2) is 29.3 Å². The molecule has 22 heavy (non-hydrogen) atoms. The van der Waals surface area contributed by atoms with E-state index in [1.165, 1.54) is 6.07 Å². The number of nitrogens with one attached hydrogen (secondary N) is 1. The van der Waals surface area contributed by atoms with Gasteiger partial charge in [0.2, 0.25) is 0 Å². The molecule has 1 aromatic rings. The Bertz CT molecular complexity index is 522. The van der Waals surface area contributed by atoms with Crippen LogP contribution >= 0.6 is 0 Å². The maximum Gasteiger partial charge on any atom is 0.159 e. The number of hydrogen-bond acceptors (Lipinski definition) is 2. The van der Waals surface area contributed by atoms with Gasteiger partial charge in [0.25, 0.3) is 0 Å². The van der Waals surface area contributed by atoms with Crippen LogP contribution in [-0.4, -0.2) is 18.8 Å². The van der Waals surface area contributed by atoms with Crippen molar-refractivity contribution in [2.75, 3.05) is 13.1 Å². The number of rotatable bonds is 9. The predicted octanol–water partition coefficient (Wildman–Crippen LogP) is 4.96. The van der Waals surface area contributed by atoms with Gasteiger partial charge in [-0.25, -0.2) is 8.78 Å². The Morgan fingerprint density at radius 2 is 1.86 bits per heavy atom. The van der Waals surface area contributed by atoms with Crippen molar-refractivity contribution in [1.29, 1.82) is 0 Å². The van der Waals surface area contributed by atoms with Crippen LogP contribution in [0.4, 0.5) is 8.78 Å². The van der Waals surface area contributed by atoms with E-state index in [1.807, 2.05) is 13.0 Å². The summed E-state index contributed by atoms with van der Waals surface area (Å²) in [6, 6.07) is 3.91. The number of benzene rings is 1. The lowest BCUT2D eigenvalue weighted by molar-refractivity contribution is 0.508. The van der Waals surface area contributed by atoms with Crippen LogP contribution in [0.5, 0.6) is 0 Å². The monoisotopic (exact) mass is 308 g/mol. The van der Waals surface area contributed by atoms with Crippen molar-refractivity contribution in [2.45, 2.75) is 46.5 Å². The first-order chi connectivity index (χ1) is 10.6. The molecular formula is C18H26F2N2. The molecule has 2 nitrogen and oxygen atoms in total. The number of allylic oxidation sites excluding steroid dienone is 1. The third-order valence-electron chi connectivity index (χ3n) is 3.32. The molecule has 1 N–H and O–H groups in total. The molecule has 0 unspecified atom stereocenters. The SMILES string of the molecule is C/C=C(\N=C(CCC)CCNCCC)c1ccc(F)c(F)c1. The Balaban J connectivity index is 2.87. The number of nitrogens with zero attached hydrogens (tertiary/aromatic N) is 1. The van der Waals surface area contributed by atoms with E-state index in [4.69, 9.17) is 0 Å². The standard InChI is InChI=1S/C18H26F2N2/c1-4-7-15(10-12-21-11-5-2)22-18(6-3)14-8-9-16(19)17(20)13-14/h6,8-9,13,21H,4-5,7,10-12H2,1-3H3/b18-6-,22-15?. The molecule has 0 aliphatic carbocycles. The van der Waals surface area contributed by atoms with Crippen LogP contribution in [-0.2, 0) is 0 Å². The molecule has 0 atom stereocenters. The summed E-state index contributed by atoms with van der Waals surface area (Å²) in [5, 5.41) is 3.36. The minimum atomic E-state index is -0.839. The maximum absolute atomic E-state index is 13.4. The van der Waals surface area contributed by atoms with Crippen molar-refractivity contribution in [1.82, 2.24) is 5.32 Å². The summed E-state index contributed by atoms with van der Waals surface area (Å²) in [5.74, 6) is -1.67. The third-order valence-corrected chi connectivity index (χ3v) is 3.32. The fourth-order valence-electron chi connectivity index (χ4n) is 2.18. The smallest absolute Gasteiger partial charge is 0.159 e. The quantitative estimate of drug-likeness (QED) is 0.506. The summed E-state index contributed by atoms with van der Waals surface area (Å²) in [6.45, 7) is 8.00. The fraction of sp³-hybridized carbons (Fsp3) is 0.500. The highest BCUT2D eigenvalue weighted by molar-refractivity contribution is 5.90. The van der Waals surface area contributed by atoms with Gasteiger partial charge < -0.3 is 5.32 Å². The summed E-state index contributed by atoms with van der Waals surface area (Å²) >= 11 is 0. The van der Waals surface area contributed by atoms with Crippen molar-refractivity contribution < 1.29 is 8.78 Å². The van der Waals surface area contributed by atoms with E-state index in [-0.39, 0.29) is 0 Å². The molecule has 0 aliphatic heterocycles. The Morgan fingerprint density at radius 3 is 2.45 bits per heavy atom. The zero-order valence-corrected chi connectivity index (χ0v) is 13.8. The zero-order valence-electron chi connectivity index (χ0n) is 13.8. The molecule has 0 amide bonds. The molecule has 0 radical (unpaired) electrons. The van der Waals surface area contributed by atoms with Gasteiger partial charge in [0.05, 0.1) is 5.70 Å². The van der Waals surface area contributed by atoms with Crippen LogP contribution in [0.3, 0.4) is 0 Å².